The van der Waals surface area contributed by atoms with Crippen molar-refractivity contribution in [3.05, 3.63) is 17.6 Å². The van der Waals surface area contributed by atoms with Crippen molar-refractivity contribution in [3.63, 3.8) is 0 Å². The number of carbonyl (C=O) groups is 1. The summed E-state index contributed by atoms with van der Waals surface area (Å²) in [6, 6.07) is 0.931. The molecular weight excluding hydrogens is 284 g/mol. The standard InChI is InChI=1S/C12H20N2O5S/c1-7(2)9(6-18-4)14-12(15)10-5-11(8(3)19-10)20(13,16)17/h5,7,9H,6H2,1-4H3,(H,14,15)(H2,13,16,17). The number of carbonyl (C=O) groups excluding carboxylic acids is 1. The summed E-state index contributed by atoms with van der Waals surface area (Å²) in [4.78, 5) is 11.8. The molecule has 1 aromatic heterocycles. The van der Waals surface area contributed by atoms with E-state index in [4.69, 9.17) is 14.3 Å². The van der Waals surface area contributed by atoms with Crippen LogP contribution in [0.5, 0.6) is 0 Å². The van der Waals surface area contributed by atoms with Gasteiger partial charge in [0.1, 0.15) is 10.7 Å². The molecule has 1 aromatic rings. The second-order valence-electron chi connectivity index (χ2n) is 4.86. The van der Waals surface area contributed by atoms with E-state index in [1.807, 2.05) is 13.8 Å². The maximum Gasteiger partial charge on any atom is 0.287 e. The number of nitrogens with two attached hydrogens (primary N) is 1. The summed E-state index contributed by atoms with van der Waals surface area (Å²) >= 11 is 0. The van der Waals surface area contributed by atoms with E-state index in [2.05, 4.69) is 5.32 Å². The molecule has 0 aromatic carbocycles. The zero-order chi connectivity index (χ0) is 15.5. The number of amides is 1. The highest BCUT2D eigenvalue weighted by molar-refractivity contribution is 7.89. The summed E-state index contributed by atoms with van der Waals surface area (Å²) < 4.78 is 32.8. The van der Waals surface area contributed by atoms with E-state index in [1.54, 1.807) is 0 Å². The van der Waals surface area contributed by atoms with Crippen LogP contribution in [-0.2, 0) is 14.8 Å². The van der Waals surface area contributed by atoms with Gasteiger partial charge < -0.3 is 14.5 Å². The maximum atomic E-state index is 12.0. The van der Waals surface area contributed by atoms with Gasteiger partial charge >= 0.3 is 0 Å². The van der Waals surface area contributed by atoms with Crippen molar-refractivity contribution >= 4 is 15.9 Å². The van der Waals surface area contributed by atoms with Gasteiger partial charge in [-0.3, -0.25) is 4.79 Å². The summed E-state index contributed by atoms with van der Waals surface area (Å²) in [5, 5.41) is 7.76. The summed E-state index contributed by atoms with van der Waals surface area (Å²) in [6.07, 6.45) is 0. The number of methoxy groups -OCH3 is 1. The predicted molar refractivity (Wildman–Crippen MR) is 72.8 cm³/mol. The van der Waals surface area contributed by atoms with Gasteiger partial charge in [-0.15, -0.1) is 0 Å². The molecule has 1 unspecified atom stereocenters. The fraction of sp³-hybridized carbons (Fsp3) is 0.583. The Balaban J connectivity index is 2.93. The van der Waals surface area contributed by atoms with Crippen molar-refractivity contribution in [1.82, 2.24) is 5.32 Å². The lowest BCUT2D eigenvalue weighted by Gasteiger charge is -2.20. The van der Waals surface area contributed by atoms with E-state index in [0.29, 0.717) is 6.61 Å². The second-order valence-corrected chi connectivity index (χ2v) is 6.39. The highest BCUT2D eigenvalue weighted by Crippen LogP contribution is 2.19. The molecule has 0 spiro atoms. The molecule has 1 amide bonds. The van der Waals surface area contributed by atoms with Crippen LogP contribution in [-0.4, -0.2) is 34.1 Å². The predicted octanol–water partition coefficient (Wildman–Crippen LogP) is 0.636. The van der Waals surface area contributed by atoms with Gasteiger partial charge in [0, 0.05) is 13.2 Å². The van der Waals surface area contributed by atoms with Crippen molar-refractivity contribution in [2.24, 2.45) is 11.1 Å². The van der Waals surface area contributed by atoms with Crippen LogP contribution in [0.4, 0.5) is 0 Å². The minimum absolute atomic E-state index is 0.0884. The normalized spacial score (nSPS) is 13.5. The zero-order valence-electron chi connectivity index (χ0n) is 12.0. The van der Waals surface area contributed by atoms with Crippen LogP contribution in [0.15, 0.2) is 15.4 Å². The number of nitrogens with one attached hydrogen (secondary N) is 1. The molecule has 7 nitrogen and oxygen atoms in total. The van der Waals surface area contributed by atoms with E-state index in [-0.39, 0.29) is 28.4 Å². The quantitative estimate of drug-likeness (QED) is 0.801. The van der Waals surface area contributed by atoms with Crippen molar-refractivity contribution < 1.29 is 22.4 Å². The molecular formula is C12H20N2O5S. The van der Waals surface area contributed by atoms with Crippen LogP contribution in [0, 0.1) is 12.8 Å². The molecule has 0 saturated heterocycles. The topological polar surface area (TPSA) is 112 Å². The van der Waals surface area contributed by atoms with E-state index in [9.17, 15) is 13.2 Å². The van der Waals surface area contributed by atoms with Crippen LogP contribution < -0.4 is 10.5 Å². The smallest absolute Gasteiger partial charge is 0.287 e. The molecule has 20 heavy (non-hydrogen) atoms. The Labute approximate surface area is 118 Å². The largest absolute Gasteiger partial charge is 0.455 e. The molecule has 0 saturated carbocycles. The molecule has 0 aliphatic carbocycles. The molecule has 1 atom stereocenters. The number of primary sulfonamides is 1. The van der Waals surface area contributed by atoms with Crippen LogP contribution in [0.25, 0.3) is 0 Å². The van der Waals surface area contributed by atoms with E-state index in [0.717, 1.165) is 6.07 Å². The third-order valence-corrected chi connectivity index (χ3v) is 3.89. The Morgan fingerprint density at radius 3 is 2.50 bits per heavy atom. The van der Waals surface area contributed by atoms with Crippen LogP contribution in [0.1, 0.15) is 30.2 Å². The zero-order valence-corrected chi connectivity index (χ0v) is 12.8. The molecule has 0 radical (unpaired) electrons. The Morgan fingerprint density at radius 2 is 2.10 bits per heavy atom. The summed E-state index contributed by atoms with van der Waals surface area (Å²) in [6.45, 7) is 5.66. The summed E-state index contributed by atoms with van der Waals surface area (Å²) in [5.41, 5.74) is 0. The van der Waals surface area contributed by atoms with Gasteiger partial charge in [0.05, 0.1) is 12.6 Å². The Morgan fingerprint density at radius 1 is 1.50 bits per heavy atom. The minimum atomic E-state index is -3.90. The lowest BCUT2D eigenvalue weighted by Crippen LogP contribution is -2.41. The fourth-order valence-electron chi connectivity index (χ4n) is 1.68. The fourth-order valence-corrected chi connectivity index (χ4v) is 2.39. The Bertz CT molecular complexity index is 577. The first-order chi connectivity index (χ1) is 9.16. The number of aryl methyl sites for hydroxylation is 1. The Hall–Kier alpha value is -1.38. The van der Waals surface area contributed by atoms with E-state index in [1.165, 1.54) is 14.0 Å². The number of rotatable bonds is 6. The number of ether oxygens (including phenoxy) is 1. The summed E-state index contributed by atoms with van der Waals surface area (Å²) in [7, 11) is -2.36. The van der Waals surface area contributed by atoms with Gasteiger partial charge in [-0.05, 0) is 12.8 Å². The van der Waals surface area contributed by atoms with Gasteiger partial charge in [-0.2, -0.15) is 0 Å². The van der Waals surface area contributed by atoms with Gasteiger partial charge in [0.25, 0.3) is 5.91 Å². The van der Waals surface area contributed by atoms with Crippen molar-refractivity contribution in [3.8, 4) is 0 Å². The highest BCUT2D eigenvalue weighted by atomic mass is 32.2. The molecule has 114 valence electrons. The minimum Gasteiger partial charge on any atom is -0.455 e. The van der Waals surface area contributed by atoms with E-state index < -0.39 is 15.9 Å². The average molecular weight is 304 g/mol. The molecule has 0 bridgehead atoms. The van der Waals surface area contributed by atoms with Crippen LogP contribution >= 0.6 is 0 Å². The monoisotopic (exact) mass is 304 g/mol. The van der Waals surface area contributed by atoms with Crippen LogP contribution in [0.3, 0.4) is 0 Å². The molecule has 1 heterocycles. The van der Waals surface area contributed by atoms with Crippen molar-refractivity contribution in [1.29, 1.82) is 0 Å². The van der Waals surface area contributed by atoms with Crippen molar-refractivity contribution in [2.75, 3.05) is 13.7 Å². The van der Waals surface area contributed by atoms with Gasteiger partial charge in [-0.1, -0.05) is 13.8 Å². The number of sulfonamides is 1. The second kappa shape index (κ2) is 6.38. The molecule has 0 aliphatic rings. The lowest BCUT2D eigenvalue weighted by atomic mass is 10.1. The first-order valence-electron chi connectivity index (χ1n) is 6.09. The molecule has 1 rings (SSSR count). The first-order valence-corrected chi connectivity index (χ1v) is 7.64. The number of hydrogen-bond donors (Lipinski definition) is 2. The number of hydrogen-bond acceptors (Lipinski definition) is 5. The third kappa shape index (κ3) is 4.06. The van der Waals surface area contributed by atoms with E-state index >= 15 is 0 Å². The molecule has 0 aliphatic heterocycles. The highest BCUT2D eigenvalue weighted by Gasteiger charge is 2.23. The molecule has 8 heteroatoms. The first kappa shape index (κ1) is 16.7. The SMILES string of the molecule is COCC(NC(=O)c1cc(S(N)(=O)=O)c(C)o1)C(C)C. The van der Waals surface area contributed by atoms with Gasteiger partial charge in [0.15, 0.2) is 5.76 Å². The molecule has 3 N–H and O–H groups in total. The molecule has 0 fully saturated rings. The lowest BCUT2D eigenvalue weighted by molar-refractivity contribution is 0.0838. The van der Waals surface area contributed by atoms with Crippen molar-refractivity contribution in [2.45, 2.75) is 31.7 Å². The third-order valence-electron chi connectivity index (χ3n) is 2.87. The Kier molecular flexibility index (Phi) is 5.32. The summed E-state index contributed by atoms with van der Waals surface area (Å²) in [5.74, 6) is -0.342. The van der Waals surface area contributed by atoms with Gasteiger partial charge in [-0.25, -0.2) is 13.6 Å². The average Bonchev–Trinajstić information content (AvgIpc) is 2.70. The maximum absolute atomic E-state index is 12.0. The number of furan rings is 1. The van der Waals surface area contributed by atoms with Gasteiger partial charge in [0.2, 0.25) is 10.0 Å². The van der Waals surface area contributed by atoms with Crippen LogP contribution in [0.2, 0.25) is 0 Å².